The van der Waals surface area contributed by atoms with Gasteiger partial charge in [-0.3, -0.25) is 9.97 Å². The lowest BCUT2D eigenvalue weighted by molar-refractivity contribution is 1.17. The highest BCUT2D eigenvalue weighted by atomic mass is 35.5. The van der Waals surface area contributed by atoms with E-state index < -0.39 is 0 Å². The number of hydrogen-bond donors (Lipinski definition) is 0. The molecule has 0 saturated heterocycles. The molecule has 2 rings (SSSR count). The van der Waals surface area contributed by atoms with Crippen molar-refractivity contribution >= 4 is 23.2 Å². The number of pyridine rings is 2. The number of halogens is 2. The molecule has 0 atom stereocenters. The summed E-state index contributed by atoms with van der Waals surface area (Å²) in [6.45, 7) is 0. The quantitative estimate of drug-likeness (QED) is 0.749. The Kier molecular flexibility index (Phi) is 3.19. The SMILES string of the molecule is ClCc1ncc(-c2ccncc2)cc1Cl. The molecule has 2 aromatic rings. The second-order valence-corrected chi connectivity index (χ2v) is 3.70. The standard InChI is InChI=1S/C11H8Cl2N2/c12-6-11-10(13)5-9(7-15-11)8-1-3-14-4-2-8/h1-5,7H,6H2. The highest BCUT2D eigenvalue weighted by Gasteiger charge is 2.03. The second kappa shape index (κ2) is 4.60. The summed E-state index contributed by atoms with van der Waals surface area (Å²) >= 11 is 11.7. The average Bonchev–Trinajstić information content (AvgIpc) is 2.30. The lowest BCUT2D eigenvalue weighted by atomic mass is 10.1. The van der Waals surface area contributed by atoms with Crippen molar-refractivity contribution in [1.29, 1.82) is 0 Å². The predicted octanol–water partition coefficient (Wildman–Crippen LogP) is 3.54. The van der Waals surface area contributed by atoms with Crippen LogP contribution >= 0.6 is 23.2 Å². The molecule has 0 N–H and O–H groups in total. The zero-order valence-electron chi connectivity index (χ0n) is 7.82. The van der Waals surface area contributed by atoms with E-state index in [2.05, 4.69) is 9.97 Å². The summed E-state index contributed by atoms with van der Waals surface area (Å²) in [5, 5.41) is 0.597. The van der Waals surface area contributed by atoms with Crippen molar-refractivity contribution in [2.24, 2.45) is 0 Å². The van der Waals surface area contributed by atoms with Crippen LogP contribution in [0.25, 0.3) is 11.1 Å². The Morgan fingerprint density at radius 3 is 2.47 bits per heavy atom. The van der Waals surface area contributed by atoms with Gasteiger partial charge >= 0.3 is 0 Å². The zero-order chi connectivity index (χ0) is 10.7. The predicted molar refractivity (Wildman–Crippen MR) is 62.0 cm³/mol. The van der Waals surface area contributed by atoms with Crippen LogP contribution in [0.3, 0.4) is 0 Å². The van der Waals surface area contributed by atoms with E-state index in [9.17, 15) is 0 Å². The average molecular weight is 239 g/mol. The van der Waals surface area contributed by atoms with Crippen LogP contribution in [0.5, 0.6) is 0 Å². The van der Waals surface area contributed by atoms with Gasteiger partial charge in [-0.15, -0.1) is 11.6 Å². The number of alkyl halides is 1. The van der Waals surface area contributed by atoms with Crippen LogP contribution in [-0.2, 0) is 5.88 Å². The molecule has 2 nitrogen and oxygen atoms in total. The van der Waals surface area contributed by atoms with Crippen molar-refractivity contribution in [3.63, 3.8) is 0 Å². The van der Waals surface area contributed by atoms with Crippen LogP contribution in [0.2, 0.25) is 5.02 Å². The molecular formula is C11H8Cl2N2. The van der Waals surface area contributed by atoms with Crippen LogP contribution in [-0.4, -0.2) is 9.97 Å². The molecule has 0 radical (unpaired) electrons. The molecule has 0 fully saturated rings. The minimum Gasteiger partial charge on any atom is -0.265 e. The Balaban J connectivity index is 2.43. The van der Waals surface area contributed by atoms with E-state index in [-0.39, 0.29) is 0 Å². The van der Waals surface area contributed by atoms with E-state index in [1.165, 1.54) is 0 Å². The molecule has 0 bridgehead atoms. The maximum Gasteiger partial charge on any atom is 0.0737 e. The number of hydrogen-bond acceptors (Lipinski definition) is 2. The molecule has 0 aliphatic rings. The first kappa shape index (κ1) is 10.4. The lowest BCUT2D eigenvalue weighted by Crippen LogP contribution is -1.88. The normalized spacial score (nSPS) is 10.3. The van der Waals surface area contributed by atoms with Crippen molar-refractivity contribution in [1.82, 2.24) is 9.97 Å². The van der Waals surface area contributed by atoms with Crippen LogP contribution in [0, 0.1) is 0 Å². The van der Waals surface area contributed by atoms with E-state index >= 15 is 0 Å². The Morgan fingerprint density at radius 1 is 1.13 bits per heavy atom. The van der Waals surface area contributed by atoms with Gasteiger partial charge in [-0.2, -0.15) is 0 Å². The summed E-state index contributed by atoms with van der Waals surface area (Å²) in [6.07, 6.45) is 5.23. The molecule has 15 heavy (non-hydrogen) atoms. The molecule has 0 spiro atoms. The number of nitrogens with zero attached hydrogens (tertiary/aromatic N) is 2. The van der Waals surface area contributed by atoms with E-state index in [0.29, 0.717) is 16.6 Å². The van der Waals surface area contributed by atoms with Gasteiger partial charge in [-0.05, 0) is 23.8 Å². The summed E-state index contributed by atoms with van der Waals surface area (Å²) in [4.78, 5) is 8.14. The minimum atomic E-state index is 0.329. The van der Waals surface area contributed by atoms with Crippen molar-refractivity contribution in [2.45, 2.75) is 5.88 Å². The monoisotopic (exact) mass is 238 g/mol. The number of aromatic nitrogens is 2. The molecule has 0 aliphatic carbocycles. The van der Waals surface area contributed by atoms with Gasteiger partial charge in [0.25, 0.3) is 0 Å². The van der Waals surface area contributed by atoms with Crippen LogP contribution in [0.1, 0.15) is 5.69 Å². The van der Waals surface area contributed by atoms with Gasteiger partial charge in [-0.1, -0.05) is 11.6 Å². The maximum atomic E-state index is 6.02. The molecule has 76 valence electrons. The molecule has 2 aromatic heterocycles. The summed E-state index contributed by atoms with van der Waals surface area (Å²) in [7, 11) is 0. The maximum absolute atomic E-state index is 6.02. The third kappa shape index (κ3) is 2.28. The van der Waals surface area contributed by atoms with Gasteiger partial charge in [0.1, 0.15) is 0 Å². The molecule has 2 heterocycles. The minimum absolute atomic E-state index is 0.329. The third-order valence-electron chi connectivity index (χ3n) is 2.06. The van der Waals surface area contributed by atoms with Crippen molar-refractivity contribution in [2.75, 3.05) is 0 Å². The van der Waals surface area contributed by atoms with E-state index in [1.54, 1.807) is 18.6 Å². The van der Waals surface area contributed by atoms with Gasteiger partial charge in [0, 0.05) is 24.2 Å². The molecule has 0 unspecified atom stereocenters. The first-order chi connectivity index (χ1) is 7.31. The Bertz CT molecular complexity index is 457. The topological polar surface area (TPSA) is 25.8 Å². The van der Waals surface area contributed by atoms with Crippen molar-refractivity contribution < 1.29 is 0 Å². The molecule has 0 aromatic carbocycles. The summed E-state index contributed by atoms with van der Waals surface area (Å²) in [5.41, 5.74) is 2.72. The molecule has 4 heteroatoms. The molecule has 0 amide bonds. The van der Waals surface area contributed by atoms with Crippen molar-refractivity contribution in [3.05, 3.63) is 47.5 Å². The van der Waals surface area contributed by atoms with Gasteiger partial charge in [0.05, 0.1) is 16.6 Å². The van der Waals surface area contributed by atoms with Gasteiger partial charge in [0.2, 0.25) is 0 Å². The lowest BCUT2D eigenvalue weighted by Gasteiger charge is -2.03. The summed E-state index contributed by atoms with van der Waals surface area (Å²) in [6, 6.07) is 5.68. The smallest absolute Gasteiger partial charge is 0.0737 e. The number of rotatable bonds is 2. The van der Waals surface area contributed by atoms with Crippen LogP contribution in [0.15, 0.2) is 36.8 Å². The fraction of sp³-hybridized carbons (Fsp3) is 0.0909. The van der Waals surface area contributed by atoms with Gasteiger partial charge in [-0.25, -0.2) is 0 Å². The highest BCUT2D eigenvalue weighted by molar-refractivity contribution is 6.32. The highest BCUT2D eigenvalue weighted by Crippen LogP contribution is 2.23. The second-order valence-electron chi connectivity index (χ2n) is 3.02. The largest absolute Gasteiger partial charge is 0.265 e. The van der Waals surface area contributed by atoms with Gasteiger partial charge in [0.15, 0.2) is 0 Å². The fourth-order valence-corrected chi connectivity index (χ4v) is 1.78. The Morgan fingerprint density at radius 2 is 1.87 bits per heavy atom. The first-order valence-corrected chi connectivity index (χ1v) is 5.33. The molecule has 0 saturated carbocycles. The summed E-state index contributed by atoms with van der Waals surface area (Å²) in [5.74, 6) is 0.329. The molecular weight excluding hydrogens is 231 g/mol. The summed E-state index contributed by atoms with van der Waals surface area (Å²) < 4.78 is 0. The Hall–Kier alpha value is -1.12. The third-order valence-corrected chi connectivity index (χ3v) is 2.64. The van der Waals surface area contributed by atoms with Gasteiger partial charge < -0.3 is 0 Å². The Labute approximate surface area is 97.9 Å². The van der Waals surface area contributed by atoms with E-state index in [1.807, 2.05) is 18.2 Å². The molecule has 0 aliphatic heterocycles. The van der Waals surface area contributed by atoms with Crippen LogP contribution in [0.4, 0.5) is 0 Å². The van der Waals surface area contributed by atoms with E-state index in [0.717, 1.165) is 11.1 Å². The van der Waals surface area contributed by atoms with Crippen LogP contribution < -0.4 is 0 Å². The van der Waals surface area contributed by atoms with Crippen molar-refractivity contribution in [3.8, 4) is 11.1 Å². The fourth-order valence-electron chi connectivity index (χ4n) is 1.27. The zero-order valence-corrected chi connectivity index (χ0v) is 9.33. The first-order valence-electron chi connectivity index (χ1n) is 4.42. The van der Waals surface area contributed by atoms with E-state index in [4.69, 9.17) is 23.2 Å².